The summed E-state index contributed by atoms with van der Waals surface area (Å²) in [4.78, 5) is 10.4. The molecule has 0 bridgehead atoms. The van der Waals surface area contributed by atoms with E-state index in [1.54, 1.807) is 32.1 Å². The molecule has 0 fully saturated rings. The molecular formula is C12H17O5P. The summed E-state index contributed by atoms with van der Waals surface area (Å²) >= 11 is 0. The minimum Gasteiger partial charge on any atom is -0.481 e. The summed E-state index contributed by atoms with van der Waals surface area (Å²) in [6.45, 7) is 4.08. The molecule has 0 unspecified atom stereocenters. The summed E-state index contributed by atoms with van der Waals surface area (Å²) in [6, 6.07) is 0. The van der Waals surface area contributed by atoms with Gasteiger partial charge in [-0.15, -0.1) is 0 Å². The van der Waals surface area contributed by atoms with Gasteiger partial charge in [-0.25, -0.2) is 4.79 Å². The van der Waals surface area contributed by atoms with Crippen LogP contribution in [-0.2, 0) is 23.1 Å². The van der Waals surface area contributed by atoms with Crippen molar-refractivity contribution in [2.45, 2.75) is 20.3 Å². The van der Waals surface area contributed by atoms with Gasteiger partial charge in [0.1, 0.15) is 11.7 Å². The Hall–Kier alpha value is -1.12. The summed E-state index contributed by atoms with van der Waals surface area (Å²) in [5.41, 5.74) is 0.556. The zero-order valence-electron chi connectivity index (χ0n) is 10.5. The molecule has 1 aliphatic carbocycles. The SMILES string of the molecule is CCOP(=O)(COC1=CCC(=C=O)C=C1)OCC. The van der Waals surface area contributed by atoms with Gasteiger partial charge in [-0.1, -0.05) is 0 Å². The Balaban J connectivity index is 2.54. The van der Waals surface area contributed by atoms with Gasteiger partial charge >= 0.3 is 7.60 Å². The van der Waals surface area contributed by atoms with Crippen molar-refractivity contribution in [1.82, 2.24) is 0 Å². The largest absolute Gasteiger partial charge is 0.481 e. The maximum Gasteiger partial charge on any atom is 0.367 e. The molecule has 0 aliphatic heterocycles. The molecule has 0 heterocycles. The van der Waals surface area contributed by atoms with Gasteiger partial charge < -0.3 is 13.8 Å². The predicted octanol–water partition coefficient (Wildman–Crippen LogP) is 2.83. The highest BCUT2D eigenvalue weighted by Crippen LogP contribution is 2.48. The minimum atomic E-state index is -3.19. The van der Waals surface area contributed by atoms with Crippen LogP contribution >= 0.6 is 7.60 Å². The summed E-state index contributed by atoms with van der Waals surface area (Å²) < 4.78 is 27.6. The lowest BCUT2D eigenvalue weighted by Gasteiger charge is -2.18. The second-order valence-corrected chi connectivity index (χ2v) is 5.49. The standard InChI is InChI=1S/C12H17O5P/c1-3-16-18(14,17-4-2)10-15-12-7-5-11(9-13)6-8-12/h5,7-8H,3-4,6,10H2,1-2H3. The van der Waals surface area contributed by atoms with Crippen molar-refractivity contribution in [3.8, 4) is 0 Å². The van der Waals surface area contributed by atoms with Crippen LogP contribution in [0.3, 0.4) is 0 Å². The molecule has 0 aromatic heterocycles. The molecule has 0 radical (unpaired) electrons. The molecule has 6 heteroatoms. The van der Waals surface area contributed by atoms with Crippen molar-refractivity contribution in [2.75, 3.05) is 19.6 Å². The zero-order valence-corrected chi connectivity index (χ0v) is 11.4. The quantitative estimate of drug-likeness (QED) is 0.526. The molecule has 100 valence electrons. The molecule has 0 atom stereocenters. The highest BCUT2D eigenvalue weighted by Gasteiger charge is 2.24. The van der Waals surface area contributed by atoms with E-state index < -0.39 is 7.60 Å². The van der Waals surface area contributed by atoms with Gasteiger partial charge in [0.2, 0.25) is 0 Å². The predicted molar refractivity (Wildman–Crippen MR) is 67.9 cm³/mol. The minimum absolute atomic E-state index is 0.134. The summed E-state index contributed by atoms with van der Waals surface area (Å²) in [7, 11) is -3.19. The van der Waals surface area contributed by atoms with E-state index in [0.29, 0.717) is 31.0 Å². The second-order valence-electron chi connectivity index (χ2n) is 3.49. The van der Waals surface area contributed by atoms with Crippen LogP contribution in [0.5, 0.6) is 0 Å². The third-order valence-corrected chi connectivity index (χ3v) is 3.89. The molecule has 0 amide bonds. The topological polar surface area (TPSA) is 61.8 Å². The smallest absolute Gasteiger partial charge is 0.367 e. The van der Waals surface area contributed by atoms with Crippen LogP contribution in [0.4, 0.5) is 0 Å². The molecule has 1 aliphatic rings. The number of carbonyl (C=O) groups excluding carboxylic acids is 1. The van der Waals surface area contributed by atoms with Gasteiger partial charge in [-0.2, -0.15) is 0 Å². The second kappa shape index (κ2) is 7.34. The van der Waals surface area contributed by atoms with Gasteiger partial charge in [0.15, 0.2) is 6.35 Å². The van der Waals surface area contributed by atoms with Crippen LogP contribution in [-0.4, -0.2) is 25.5 Å². The Morgan fingerprint density at radius 2 is 1.94 bits per heavy atom. The number of hydrogen-bond donors (Lipinski definition) is 0. The zero-order chi connectivity index (χ0) is 13.4. The van der Waals surface area contributed by atoms with E-state index in [-0.39, 0.29) is 6.35 Å². The van der Waals surface area contributed by atoms with Gasteiger partial charge in [-0.05, 0) is 32.1 Å². The average Bonchev–Trinajstić information content (AvgIpc) is 2.38. The third-order valence-electron chi connectivity index (χ3n) is 2.14. The Bertz CT molecular complexity index is 422. The monoisotopic (exact) mass is 272 g/mol. The normalized spacial score (nSPS) is 15.2. The Kier molecular flexibility index (Phi) is 6.10. The average molecular weight is 272 g/mol. The molecule has 0 saturated carbocycles. The van der Waals surface area contributed by atoms with Gasteiger partial charge in [0, 0.05) is 12.0 Å². The van der Waals surface area contributed by atoms with Crippen LogP contribution in [0.15, 0.2) is 29.6 Å². The summed E-state index contributed by atoms with van der Waals surface area (Å²) in [5.74, 6) is 2.36. The van der Waals surface area contributed by atoms with Crippen molar-refractivity contribution in [2.24, 2.45) is 0 Å². The highest BCUT2D eigenvalue weighted by atomic mass is 31.2. The maximum atomic E-state index is 12.1. The number of ether oxygens (including phenoxy) is 1. The van der Waals surface area contributed by atoms with Gasteiger partial charge in [0.25, 0.3) is 0 Å². The van der Waals surface area contributed by atoms with E-state index in [4.69, 9.17) is 13.8 Å². The first-order chi connectivity index (χ1) is 8.63. The molecule has 0 saturated heterocycles. The van der Waals surface area contributed by atoms with Crippen molar-refractivity contribution in [3.63, 3.8) is 0 Å². The van der Waals surface area contributed by atoms with Crippen molar-refractivity contribution in [3.05, 3.63) is 29.6 Å². The lowest BCUT2D eigenvalue weighted by atomic mass is 10.1. The van der Waals surface area contributed by atoms with Crippen LogP contribution < -0.4 is 0 Å². The van der Waals surface area contributed by atoms with Crippen LogP contribution in [0.1, 0.15) is 20.3 Å². The molecule has 0 aromatic carbocycles. The van der Waals surface area contributed by atoms with Crippen molar-refractivity contribution < 1.29 is 23.1 Å². The molecule has 0 aromatic rings. The fourth-order valence-electron chi connectivity index (χ4n) is 1.37. The van der Waals surface area contributed by atoms with Crippen LogP contribution in [0.25, 0.3) is 0 Å². The first-order valence-electron chi connectivity index (χ1n) is 5.76. The van der Waals surface area contributed by atoms with Crippen molar-refractivity contribution in [1.29, 1.82) is 0 Å². The Morgan fingerprint density at radius 3 is 2.39 bits per heavy atom. The highest BCUT2D eigenvalue weighted by molar-refractivity contribution is 7.53. The molecule has 5 nitrogen and oxygen atoms in total. The first kappa shape index (κ1) is 14.9. The molecular weight excluding hydrogens is 255 g/mol. The van der Waals surface area contributed by atoms with E-state index in [1.165, 1.54) is 0 Å². The van der Waals surface area contributed by atoms with E-state index in [9.17, 15) is 9.36 Å². The van der Waals surface area contributed by atoms with E-state index >= 15 is 0 Å². The van der Waals surface area contributed by atoms with E-state index in [2.05, 4.69) is 0 Å². The lowest BCUT2D eigenvalue weighted by Crippen LogP contribution is -2.04. The molecule has 1 rings (SSSR count). The fourth-order valence-corrected chi connectivity index (χ4v) is 2.69. The number of hydrogen-bond acceptors (Lipinski definition) is 5. The summed E-state index contributed by atoms with van der Waals surface area (Å²) in [5, 5.41) is 0. The Labute approximate surface area is 107 Å². The molecule has 0 spiro atoms. The van der Waals surface area contributed by atoms with Gasteiger partial charge in [0.05, 0.1) is 13.2 Å². The molecule has 0 N–H and O–H groups in total. The number of allylic oxidation sites excluding steroid dienone is 4. The van der Waals surface area contributed by atoms with Gasteiger partial charge in [-0.3, -0.25) is 4.57 Å². The first-order valence-corrected chi connectivity index (χ1v) is 7.49. The summed E-state index contributed by atoms with van der Waals surface area (Å²) in [6.07, 6.45) is 5.30. The van der Waals surface area contributed by atoms with E-state index in [0.717, 1.165) is 0 Å². The van der Waals surface area contributed by atoms with Crippen LogP contribution in [0, 0.1) is 0 Å². The number of rotatable bonds is 7. The molecule has 18 heavy (non-hydrogen) atoms. The van der Waals surface area contributed by atoms with E-state index in [1.807, 2.05) is 5.94 Å². The third kappa shape index (κ3) is 4.63. The fraction of sp³-hybridized carbons (Fsp3) is 0.500. The maximum absolute atomic E-state index is 12.1. The van der Waals surface area contributed by atoms with Crippen LogP contribution in [0.2, 0.25) is 0 Å². The Morgan fingerprint density at radius 1 is 1.28 bits per heavy atom. The lowest BCUT2D eigenvalue weighted by molar-refractivity contribution is 0.176. The van der Waals surface area contributed by atoms with Crippen molar-refractivity contribution >= 4 is 13.5 Å².